The van der Waals surface area contributed by atoms with Crippen molar-refractivity contribution in [2.75, 3.05) is 10.6 Å². The standard InChI is InChI=1S/C27H43N4O6/c1-17-20(28-22(32)36-18-13-24(2,3)30(34)25(4,5)14-18)11-10-12-21(17)29-23(33)37-19-15-26(6,7)31(35)27(8,9)16-19/h10-12,18-19,34H,13-16H2,1-9H3,(H,28,32)(H,29,33). The van der Waals surface area contributed by atoms with Crippen LogP contribution in [0.15, 0.2) is 18.2 Å². The molecule has 0 spiro atoms. The van der Waals surface area contributed by atoms with E-state index in [1.807, 2.05) is 55.4 Å². The summed E-state index contributed by atoms with van der Waals surface area (Å²) >= 11 is 0. The van der Waals surface area contributed by atoms with Crippen LogP contribution in [0.5, 0.6) is 0 Å². The number of nitrogens with one attached hydrogen (secondary N) is 2. The highest BCUT2D eigenvalue weighted by Crippen LogP contribution is 2.39. The number of hydroxylamine groups is 4. The van der Waals surface area contributed by atoms with Gasteiger partial charge >= 0.3 is 12.2 Å². The zero-order valence-corrected chi connectivity index (χ0v) is 23.6. The normalized spacial score (nSPS) is 23.8. The van der Waals surface area contributed by atoms with Crippen LogP contribution >= 0.6 is 0 Å². The summed E-state index contributed by atoms with van der Waals surface area (Å²) in [5.74, 6) is 0. The van der Waals surface area contributed by atoms with Crippen LogP contribution in [0.4, 0.5) is 21.0 Å². The van der Waals surface area contributed by atoms with Crippen LogP contribution in [0.3, 0.4) is 0 Å². The van der Waals surface area contributed by atoms with Crippen molar-refractivity contribution in [3.8, 4) is 0 Å². The molecule has 2 saturated heterocycles. The number of carbonyl (C=O) groups is 2. The van der Waals surface area contributed by atoms with E-state index in [1.165, 1.54) is 5.06 Å². The lowest BCUT2D eigenvalue weighted by Gasteiger charge is -2.50. The van der Waals surface area contributed by atoms with Crippen LogP contribution in [0.2, 0.25) is 0 Å². The Kier molecular flexibility index (Phi) is 7.92. The van der Waals surface area contributed by atoms with Gasteiger partial charge in [-0.25, -0.2) is 9.59 Å². The largest absolute Gasteiger partial charge is 0.446 e. The highest BCUT2D eigenvalue weighted by Gasteiger charge is 2.48. The molecule has 3 rings (SSSR count). The summed E-state index contributed by atoms with van der Waals surface area (Å²) in [6, 6.07) is 5.17. The molecule has 0 aromatic heterocycles. The quantitative estimate of drug-likeness (QED) is 0.454. The molecule has 0 atom stereocenters. The number of amides is 2. The molecule has 0 aliphatic carbocycles. The van der Waals surface area contributed by atoms with Gasteiger partial charge in [0.05, 0.1) is 0 Å². The maximum atomic E-state index is 12.7. The fraction of sp³-hybridized carbons (Fsp3) is 0.704. The monoisotopic (exact) mass is 519 g/mol. The van der Waals surface area contributed by atoms with Gasteiger partial charge in [0, 0.05) is 59.2 Å². The van der Waals surface area contributed by atoms with Crippen molar-refractivity contribution >= 4 is 23.6 Å². The van der Waals surface area contributed by atoms with Crippen LogP contribution < -0.4 is 10.6 Å². The van der Waals surface area contributed by atoms with E-state index >= 15 is 0 Å². The van der Waals surface area contributed by atoms with E-state index in [2.05, 4.69) is 10.6 Å². The van der Waals surface area contributed by atoms with Gasteiger partial charge in [0.25, 0.3) is 0 Å². The van der Waals surface area contributed by atoms with Crippen LogP contribution in [-0.2, 0) is 14.7 Å². The topological polar surface area (TPSA) is 123 Å². The zero-order chi connectivity index (χ0) is 28.0. The molecule has 1 aromatic rings. The summed E-state index contributed by atoms with van der Waals surface area (Å²) in [4.78, 5) is 25.4. The van der Waals surface area contributed by atoms with Gasteiger partial charge in [0.15, 0.2) is 0 Å². The van der Waals surface area contributed by atoms with E-state index in [4.69, 9.17) is 9.47 Å². The van der Waals surface area contributed by atoms with Gasteiger partial charge in [-0.15, -0.1) is 10.3 Å². The number of ether oxygens (including phenoxy) is 2. The molecule has 0 saturated carbocycles. The molecular formula is C27H43N4O6. The van der Waals surface area contributed by atoms with Crippen molar-refractivity contribution in [3.63, 3.8) is 0 Å². The van der Waals surface area contributed by atoms with Crippen molar-refractivity contribution in [1.82, 2.24) is 10.1 Å². The van der Waals surface area contributed by atoms with Crippen molar-refractivity contribution in [2.45, 2.75) is 122 Å². The van der Waals surface area contributed by atoms with E-state index in [0.717, 1.165) is 5.06 Å². The second-order valence-corrected chi connectivity index (χ2v) is 13.0. The average molecular weight is 520 g/mol. The van der Waals surface area contributed by atoms with Gasteiger partial charge in [-0.05, 0) is 80.0 Å². The third kappa shape index (κ3) is 6.54. The number of benzene rings is 1. The van der Waals surface area contributed by atoms with E-state index in [0.29, 0.717) is 42.6 Å². The SMILES string of the molecule is Cc1c(NC(=O)OC2CC(C)(C)N([O])C(C)(C)C2)cccc1NC(=O)OC1CC(C)(C)N(O)C(C)(C)C1. The van der Waals surface area contributed by atoms with Crippen LogP contribution in [0, 0.1) is 6.92 Å². The van der Waals surface area contributed by atoms with Crippen LogP contribution in [0.25, 0.3) is 0 Å². The molecule has 2 amide bonds. The van der Waals surface area contributed by atoms with Crippen LogP contribution in [-0.4, -0.2) is 61.9 Å². The second-order valence-electron chi connectivity index (χ2n) is 13.0. The van der Waals surface area contributed by atoms with Gasteiger partial charge in [0.2, 0.25) is 0 Å². The van der Waals surface area contributed by atoms with Crippen LogP contribution in [0.1, 0.15) is 86.6 Å². The maximum absolute atomic E-state index is 12.7. The second kappa shape index (κ2) is 10.1. The Bertz CT molecular complexity index is 910. The summed E-state index contributed by atoms with van der Waals surface area (Å²) in [7, 11) is 0. The molecule has 2 heterocycles. The van der Waals surface area contributed by atoms with Gasteiger partial charge in [-0.2, -0.15) is 5.06 Å². The van der Waals surface area contributed by atoms with Gasteiger partial charge < -0.3 is 14.7 Å². The van der Waals surface area contributed by atoms with E-state index in [1.54, 1.807) is 25.1 Å². The zero-order valence-electron chi connectivity index (χ0n) is 23.6. The van der Waals surface area contributed by atoms with Gasteiger partial charge in [-0.1, -0.05) is 6.07 Å². The highest BCUT2D eigenvalue weighted by molar-refractivity contribution is 5.91. The molecule has 1 aromatic carbocycles. The Balaban J connectivity index is 1.62. The first-order valence-corrected chi connectivity index (χ1v) is 12.9. The summed E-state index contributed by atoms with van der Waals surface area (Å²) in [6.07, 6.45) is -0.119. The smallest absolute Gasteiger partial charge is 0.411 e. The Morgan fingerprint density at radius 2 is 1.14 bits per heavy atom. The molecule has 2 aliphatic heterocycles. The first-order valence-electron chi connectivity index (χ1n) is 12.9. The number of hydrogen-bond acceptors (Lipinski definition) is 7. The number of nitrogens with zero attached hydrogens (tertiary/aromatic N) is 2. The van der Waals surface area contributed by atoms with Crippen molar-refractivity contribution in [3.05, 3.63) is 23.8 Å². The molecule has 0 unspecified atom stereocenters. The third-order valence-electron chi connectivity index (χ3n) is 7.51. The van der Waals surface area contributed by atoms with E-state index in [-0.39, 0.29) is 6.10 Å². The molecule has 2 aliphatic rings. The molecule has 3 N–H and O–H groups in total. The lowest BCUT2D eigenvalue weighted by atomic mass is 9.80. The first-order chi connectivity index (χ1) is 16.8. The first kappa shape index (κ1) is 29.2. The van der Waals surface area contributed by atoms with Crippen molar-refractivity contribution < 1.29 is 29.5 Å². The van der Waals surface area contributed by atoms with Crippen molar-refractivity contribution in [1.29, 1.82) is 0 Å². The molecule has 37 heavy (non-hydrogen) atoms. The molecule has 0 bridgehead atoms. The summed E-state index contributed by atoms with van der Waals surface area (Å²) < 4.78 is 11.4. The lowest BCUT2D eigenvalue weighted by Crippen LogP contribution is -2.60. The highest BCUT2D eigenvalue weighted by atomic mass is 16.6. The summed E-state index contributed by atoms with van der Waals surface area (Å²) in [6.45, 7) is 16.8. The minimum atomic E-state index is -0.648. The Morgan fingerprint density at radius 1 is 0.784 bits per heavy atom. The minimum Gasteiger partial charge on any atom is -0.446 e. The van der Waals surface area contributed by atoms with E-state index < -0.39 is 40.4 Å². The fourth-order valence-corrected chi connectivity index (χ4v) is 6.01. The number of carbonyl (C=O) groups excluding carboxylic acids is 2. The molecule has 2 fully saturated rings. The number of hydrogen-bond donors (Lipinski definition) is 3. The molecular weight excluding hydrogens is 476 g/mol. The Morgan fingerprint density at radius 3 is 1.51 bits per heavy atom. The minimum absolute atomic E-state index is 0.362. The van der Waals surface area contributed by atoms with E-state index in [9.17, 15) is 20.0 Å². The Labute approximate surface area is 220 Å². The van der Waals surface area contributed by atoms with Gasteiger partial charge in [-0.3, -0.25) is 10.6 Å². The number of piperidine rings is 2. The summed E-state index contributed by atoms with van der Waals surface area (Å²) in [5.41, 5.74) is -0.724. The summed E-state index contributed by atoms with van der Waals surface area (Å²) in [5, 5.41) is 31.0. The Hall–Kier alpha value is -2.40. The lowest BCUT2D eigenvalue weighted by molar-refractivity contribution is -0.297. The fourth-order valence-electron chi connectivity index (χ4n) is 6.01. The maximum Gasteiger partial charge on any atom is 0.411 e. The predicted molar refractivity (Wildman–Crippen MR) is 140 cm³/mol. The molecule has 207 valence electrons. The number of rotatable bonds is 4. The molecule has 10 nitrogen and oxygen atoms in total. The predicted octanol–water partition coefficient (Wildman–Crippen LogP) is 5.87. The van der Waals surface area contributed by atoms with Gasteiger partial charge in [0.1, 0.15) is 12.2 Å². The molecule has 10 heteroatoms. The molecule has 1 radical (unpaired) electrons. The number of anilines is 2. The van der Waals surface area contributed by atoms with Crippen molar-refractivity contribution in [2.24, 2.45) is 0 Å². The third-order valence-corrected chi connectivity index (χ3v) is 7.51. The average Bonchev–Trinajstić information content (AvgIpc) is 2.72.